The second-order valence-electron chi connectivity index (χ2n) is 5.11. The summed E-state index contributed by atoms with van der Waals surface area (Å²) in [6.07, 6.45) is 0. The Morgan fingerprint density at radius 1 is 1.05 bits per heavy atom. The molecule has 0 saturated carbocycles. The molecule has 0 radical (unpaired) electrons. The van der Waals surface area contributed by atoms with E-state index in [0.29, 0.717) is 17.2 Å². The Kier molecular flexibility index (Phi) is 4.53. The molecule has 2 aromatic carbocycles. The number of hydrogen-bond acceptors (Lipinski definition) is 3. The highest BCUT2D eigenvalue weighted by atomic mass is 32.2. The summed E-state index contributed by atoms with van der Waals surface area (Å²) in [4.78, 5) is 0. The van der Waals surface area contributed by atoms with Gasteiger partial charge in [-0.25, -0.2) is 8.42 Å². The van der Waals surface area contributed by atoms with Crippen molar-refractivity contribution in [3.63, 3.8) is 0 Å². The number of anilines is 1. The van der Waals surface area contributed by atoms with Crippen LogP contribution in [0.4, 0.5) is 5.69 Å². The van der Waals surface area contributed by atoms with Gasteiger partial charge in [0, 0.05) is 0 Å². The third-order valence-corrected chi connectivity index (χ3v) is 4.72. The Labute approximate surface area is 125 Å². The molecule has 4 nitrogen and oxygen atoms in total. The van der Waals surface area contributed by atoms with Gasteiger partial charge in [-0.3, -0.25) is 4.72 Å². The molecule has 0 aliphatic heterocycles. The van der Waals surface area contributed by atoms with E-state index < -0.39 is 15.3 Å². The highest BCUT2D eigenvalue weighted by Crippen LogP contribution is 2.30. The van der Waals surface area contributed by atoms with Crippen LogP contribution in [0.3, 0.4) is 0 Å². The molecular weight excluding hydrogens is 286 g/mol. The summed E-state index contributed by atoms with van der Waals surface area (Å²) < 4.78 is 32.3. The third kappa shape index (κ3) is 3.98. The third-order valence-electron chi connectivity index (χ3n) is 2.98. The van der Waals surface area contributed by atoms with Crippen LogP contribution in [0.1, 0.15) is 19.4 Å². The van der Waals surface area contributed by atoms with Gasteiger partial charge in [0.1, 0.15) is 5.75 Å². The zero-order valence-electron chi connectivity index (χ0n) is 12.3. The van der Waals surface area contributed by atoms with Crippen LogP contribution in [0.5, 0.6) is 11.5 Å². The first-order valence-corrected chi connectivity index (χ1v) is 8.28. The molecular formula is C16H19NO3S. The lowest BCUT2D eigenvalue weighted by Crippen LogP contribution is -2.22. The number of aryl methyl sites for hydroxylation is 1. The summed E-state index contributed by atoms with van der Waals surface area (Å²) in [6.45, 7) is 5.24. The van der Waals surface area contributed by atoms with Crippen LogP contribution in [0, 0.1) is 6.92 Å². The number of sulfonamides is 1. The predicted molar refractivity (Wildman–Crippen MR) is 85.4 cm³/mol. The summed E-state index contributed by atoms with van der Waals surface area (Å²) >= 11 is 0. The fourth-order valence-corrected chi connectivity index (χ4v) is 2.43. The molecule has 0 bridgehead atoms. The highest BCUT2D eigenvalue weighted by Gasteiger charge is 2.17. The molecule has 5 heteroatoms. The van der Waals surface area contributed by atoms with Crippen LogP contribution in [0.25, 0.3) is 0 Å². The van der Waals surface area contributed by atoms with Crippen LogP contribution >= 0.6 is 0 Å². The van der Waals surface area contributed by atoms with Crippen molar-refractivity contribution in [1.29, 1.82) is 0 Å². The SMILES string of the molecule is Cc1cccc(Oc2ccccc2NS(=O)(=O)C(C)C)c1. The van der Waals surface area contributed by atoms with E-state index >= 15 is 0 Å². The maximum absolute atomic E-state index is 12.0. The monoisotopic (exact) mass is 305 g/mol. The Balaban J connectivity index is 2.29. The molecule has 2 rings (SSSR count). The van der Waals surface area contributed by atoms with Crippen LogP contribution in [0.2, 0.25) is 0 Å². The topological polar surface area (TPSA) is 55.4 Å². The molecule has 0 aliphatic rings. The zero-order chi connectivity index (χ0) is 15.5. The normalized spacial score (nSPS) is 11.4. The van der Waals surface area contributed by atoms with Gasteiger partial charge in [0.05, 0.1) is 10.9 Å². The Hall–Kier alpha value is -2.01. The smallest absolute Gasteiger partial charge is 0.235 e. The Morgan fingerprint density at radius 3 is 2.43 bits per heavy atom. The molecule has 21 heavy (non-hydrogen) atoms. The van der Waals surface area contributed by atoms with Gasteiger partial charge in [-0.1, -0.05) is 24.3 Å². The predicted octanol–water partition coefficient (Wildman–Crippen LogP) is 3.94. The average molecular weight is 305 g/mol. The molecule has 0 amide bonds. The number of benzene rings is 2. The lowest BCUT2D eigenvalue weighted by atomic mass is 10.2. The van der Waals surface area contributed by atoms with E-state index in [1.807, 2.05) is 31.2 Å². The van der Waals surface area contributed by atoms with Gasteiger partial charge in [-0.15, -0.1) is 0 Å². The number of rotatable bonds is 5. The summed E-state index contributed by atoms with van der Waals surface area (Å²) in [7, 11) is -3.40. The van der Waals surface area contributed by atoms with Crippen molar-refractivity contribution in [1.82, 2.24) is 0 Å². The van der Waals surface area contributed by atoms with Crippen LogP contribution in [0.15, 0.2) is 48.5 Å². The van der Waals surface area contributed by atoms with E-state index in [1.165, 1.54) is 0 Å². The Bertz CT molecular complexity index is 724. The molecule has 0 heterocycles. The number of hydrogen-bond donors (Lipinski definition) is 1. The van der Waals surface area contributed by atoms with Gasteiger partial charge in [-0.2, -0.15) is 0 Å². The molecule has 0 fully saturated rings. The second-order valence-corrected chi connectivity index (χ2v) is 7.35. The van der Waals surface area contributed by atoms with E-state index in [1.54, 1.807) is 38.1 Å². The summed E-state index contributed by atoms with van der Waals surface area (Å²) in [5.41, 5.74) is 1.51. The molecule has 112 valence electrons. The van der Waals surface area contributed by atoms with Crippen molar-refractivity contribution >= 4 is 15.7 Å². The fraction of sp³-hybridized carbons (Fsp3) is 0.250. The number of para-hydroxylation sites is 2. The summed E-state index contributed by atoms with van der Waals surface area (Å²) in [5, 5.41) is -0.510. The molecule has 0 unspecified atom stereocenters. The molecule has 0 saturated heterocycles. The van der Waals surface area contributed by atoms with Gasteiger partial charge >= 0.3 is 0 Å². The van der Waals surface area contributed by atoms with Crippen LogP contribution < -0.4 is 9.46 Å². The molecule has 2 aromatic rings. The number of nitrogens with one attached hydrogen (secondary N) is 1. The molecule has 0 spiro atoms. The van der Waals surface area contributed by atoms with E-state index in [-0.39, 0.29) is 0 Å². The maximum atomic E-state index is 12.0. The lowest BCUT2D eigenvalue weighted by molar-refractivity contribution is 0.484. The van der Waals surface area contributed by atoms with Crippen molar-refractivity contribution in [2.24, 2.45) is 0 Å². The van der Waals surface area contributed by atoms with Crippen molar-refractivity contribution in [2.45, 2.75) is 26.0 Å². The average Bonchev–Trinajstić information content (AvgIpc) is 2.40. The second kappa shape index (κ2) is 6.18. The minimum Gasteiger partial charge on any atom is -0.455 e. The van der Waals surface area contributed by atoms with Gasteiger partial charge in [-0.05, 0) is 50.6 Å². The van der Waals surface area contributed by atoms with Gasteiger partial charge < -0.3 is 4.74 Å². The lowest BCUT2D eigenvalue weighted by Gasteiger charge is -2.15. The molecule has 0 aromatic heterocycles. The van der Waals surface area contributed by atoms with Crippen molar-refractivity contribution in [3.05, 3.63) is 54.1 Å². The van der Waals surface area contributed by atoms with Crippen molar-refractivity contribution < 1.29 is 13.2 Å². The van der Waals surface area contributed by atoms with E-state index in [2.05, 4.69) is 4.72 Å². The van der Waals surface area contributed by atoms with Crippen molar-refractivity contribution in [3.8, 4) is 11.5 Å². The minimum atomic E-state index is -3.40. The van der Waals surface area contributed by atoms with Crippen molar-refractivity contribution in [2.75, 3.05) is 4.72 Å². The number of ether oxygens (including phenoxy) is 1. The highest BCUT2D eigenvalue weighted by molar-refractivity contribution is 7.93. The zero-order valence-corrected chi connectivity index (χ0v) is 13.1. The van der Waals surface area contributed by atoms with Crippen LogP contribution in [-0.4, -0.2) is 13.7 Å². The minimum absolute atomic E-state index is 0.438. The first kappa shape index (κ1) is 15.4. The van der Waals surface area contributed by atoms with Gasteiger partial charge in [0.2, 0.25) is 10.0 Å². The quantitative estimate of drug-likeness (QED) is 0.910. The van der Waals surface area contributed by atoms with Gasteiger partial charge in [0.15, 0.2) is 5.75 Å². The fourth-order valence-electron chi connectivity index (χ4n) is 1.72. The van der Waals surface area contributed by atoms with E-state index in [4.69, 9.17) is 4.74 Å². The van der Waals surface area contributed by atoms with Gasteiger partial charge in [0.25, 0.3) is 0 Å². The molecule has 1 N–H and O–H groups in total. The maximum Gasteiger partial charge on any atom is 0.235 e. The van der Waals surface area contributed by atoms with Crippen LogP contribution in [-0.2, 0) is 10.0 Å². The van der Waals surface area contributed by atoms with E-state index in [0.717, 1.165) is 5.56 Å². The summed E-state index contributed by atoms with van der Waals surface area (Å²) in [6, 6.07) is 14.6. The standard InChI is InChI=1S/C16H19NO3S/c1-12(2)21(18,19)17-15-9-4-5-10-16(15)20-14-8-6-7-13(3)11-14/h4-12,17H,1-3H3. The first-order chi connectivity index (χ1) is 9.88. The van der Waals surface area contributed by atoms with E-state index in [9.17, 15) is 8.42 Å². The Morgan fingerprint density at radius 2 is 1.76 bits per heavy atom. The first-order valence-electron chi connectivity index (χ1n) is 6.73. The largest absolute Gasteiger partial charge is 0.455 e. The summed E-state index contributed by atoms with van der Waals surface area (Å²) in [5.74, 6) is 1.15. The molecule has 0 aliphatic carbocycles. The molecule has 0 atom stereocenters.